The summed E-state index contributed by atoms with van der Waals surface area (Å²) in [4.78, 5) is 27.5. The number of hydrazine groups is 1. The fourth-order valence-electron chi connectivity index (χ4n) is 2.63. The van der Waals surface area contributed by atoms with Crippen LogP contribution in [0.4, 0.5) is 0 Å². The summed E-state index contributed by atoms with van der Waals surface area (Å²) in [7, 11) is 0. The summed E-state index contributed by atoms with van der Waals surface area (Å²) in [5.74, 6) is 0.436. The molecule has 6 nitrogen and oxygen atoms in total. The van der Waals surface area contributed by atoms with Crippen LogP contribution in [-0.2, 0) is 0 Å². The second-order valence-electron chi connectivity index (χ2n) is 5.37. The normalized spacial score (nSPS) is 10.7. The third-order valence-corrected chi connectivity index (χ3v) is 3.91. The lowest BCUT2D eigenvalue weighted by Gasteiger charge is -2.07. The van der Waals surface area contributed by atoms with E-state index in [1.165, 1.54) is 0 Å². The summed E-state index contributed by atoms with van der Waals surface area (Å²) in [6.45, 7) is 5.32. The van der Waals surface area contributed by atoms with Gasteiger partial charge >= 0.3 is 0 Å². The molecule has 0 atom stereocenters. The van der Waals surface area contributed by atoms with Crippen molar-refractivity contribution in [2.24, 2.45) is 0 Å². The zero-order valence-corrected chi connectivity index (χ0v) is 13.1. The number of aryl methyl sites for hydroxylation is 2. The Hall–Kier alpha value is -3.02. The molecule has 118 valence electrons. The first kappa shape index (κ1) is 14.9. The summed E-state index contributed by atoms with van der Waals surface area (Å²) in [5.41, 5.74) is 7.42. The van der Waals surface area contributed by atoms with E-state index in [4.69, 9.17) is 4.42 Å². The molecule has 6 heteroatoms. The Kier molecular flexibility index (Phi) is 3.65. The molecular formula is C17H17N3O3. The van der Waals surface area contributed by atoms with E-state index in [1.807, 2.05) is 31.2 Å². The highest BCUT2D eigenvalue weighted by Gasteiger charge is 2.19. The van der Waals surface area contributed by atoms with Crippen LogP contribution in [0.15, 0.2) is 34.9 Å². The first-order valence-corrected chi connectivity index (χ1v) is 7.22. The predicted molar refractivity (Wildman–Crippen MR) is 86.2 cm³/mol. The lowest BCUT2D eigenvalue weighted by atomic mass is 10.1. The molecule has 0 aliphatic rings. The maximum absolute atomic E-state index is 12.3. The molecule has 0 unspecified atom stereocenters. The van der Waals surface area contributed by atoms with Gasteiger partial charge in [0.1, 0.15) is 11.5 Å². The number of aromatic nitrogens is 1. The zero-order valence-electron chi connectivity index (χ0n) is 13.1. The molecule has 0 fully saturated rings. The van der Waals surface area contributed by atoms with Gasteiger partial charge in [-0.15, -0.1) is 0 Å². The smallest absolute Gasteiger partial charge is 0.273 e. The van der Waals surface area contributed by atoms with Crippen LogP contribution >= 0.6 is 0 Å². The van der Waals surface area contributed by atoms with Crippen LogP contribution in [0.5, 0.6) is 0 Å². The van der Waals surface area contributed by atoms with Crippen LogP contribution in [0.25, 0.3) is 10.9 Å². The van der Waals surface area contributed by atoms with E-state index in [9.17, 15) is 9.59 Å². The number of furan rings is 1. The largest absolute Gasteiger partial charge is 0.466 e. The fourth-order valence-corrected chi connectivity index (χ4v) is 2.63. The van der Waals surface area contributed by atoms with Crippen molar-refractivity contribution in [3.8, 4) is 0 Å². The molecule has 0 bridgehead atoms. The Morgan fingerprint density at radius 2 is 1.70 bits per heavy atom. The quantitative estimate of drug-likeness (QED) is 0.636. The minimum atomic E-state index is -0.398. The topological polar surface area (TPSA) is 87.1 Å². The molecule has 23 heavy (non-hydrogen) atoms. The molecule has 2 amide bonds. The molecule has 0 radical (unpaired) electrons. The lowest BCUT2D eigenvalue weighted by molar-refractivity contribution is 0.0846. The monoisotopic (exact) mass is 311 g/mol. The summed E-state index contributed by atoms with van der Waals surface area (Å²) in [5, 5.41) is 0.797. The molecule has 0 aliphatic carbocycles. The Labute approximate surface area is 132 Å². The average Bonchev–Trinajstić information content (AvgIpc) is 3.06. The van der Waals surface area contributed by atoms with E-state index in [0.29, 0.717) is 22.6 Å². The third-order valence-electron chi connectivity index (χ3n) is 3.91. The van der Waals surface area contributed by atoms with E-state index in [-0.39, 0.29) is 5.91 Å². The van der Waals surface area contributed by atoms with Gasteiger partial charge in [-0.1, -0.05) is 18.2 Å². The van der Waals surface area contributed by atoms with Crippen LogP contribution in [0.2, 0.25) is 0 Å². The van der Waals surface area contributed by atoms with Crippen LogP contribution in [-0.4, -0.2) is 16.8 Å². The zero-order chi connectivity index (χ0) is 16.6. The lowest BCUT2D eigenvalue weighted by Crippen LogP contribution is -2.41. The van der Waals surface area contributed by atoms with Crippen molar-refractivity contribution in [3.63, 3.8) is 0 Å². The number of carbonyl (C=O) groups excluding carboxylic acids is 2. The standard InChI is InChI=1S/C17H17N3O3/c1-9-10(2)23-11(3)15(9)17(22)20-19-16(21)13-8-18-14-7-5-4-6-12(13)14/h4-8,18H,1-3H3,(H,19,21)(H,20,22). The van der Waals surface area contributed by atoms with Gasteiger partial charge in [0, 0.05) is 22.7 Å². The Bertz CT molecular complexity index is 905. The maximum atomic E-state index is 12.3. The van der Waals surface area contributed by atoms with Gasteiger partial charge in [0.05, 0.1) is 11.1 Å². The predicted octanol–water partition coefficient (Wildman–Crippen LogP) is 2.76. The van der Waals surface area contributed by atoms with Crippen LogP contribution in [0.3, 0.4) is 0 Å². The number of carbonyl (C=O) groups is 2. The molecule has 0 aliphatic heterocycles. The number of benzene rings is 1. The van der Waals surface area contributed by atoms with Gasteiger partial charge < -0.3 is 9.40 Å². The molecule has 2 heterocycles. The van der Waals surface area contributed by atoms with Gasteiger partial charge in [-0.05, 0) is 26.8 Å². The summed E-state index contributed by atoms with van der Waals surface area (Å²) in [6, 6.07) is 7.46. The number of hydrogen-bond donors (Lipinski definition) is 3. The molecule has 3 aromatic rings. The highest BCUT2D eigenvalue weighted by molar-refractivity contribution is 6.07. The van der Waals surface area contributed by atoms with Gasteiger partial charge in [0.15, 0.2) is 0 Å². The highest BCUT2D eigenvalue weighted by Crippen LogP contribution is 2.20. The minimum absolute atomic E-state index is 0.383. The molecule has 2 aromatic heterocycles. The summed E-state index contributed by atoms with van der Waals surface area (Å²) < 4.78 is 5.42. The van der Waals surface area contributed by atoms with Gasteiger partial charge in [-0.2, -0.15) is 0 Å². The van der Waals surface area contributed by atoms with Crippen LogP contribution in [0, 0.1) is 20.8 Å². The van der Waals surface area contributed by atoms with Crippen LogP contribution in [0.1, 0.15) is 37.8 Å². The van der Waals surface area contributed by atoms with Crippen molar-refractivity contribution >= 4 is 22.7 Å². The number of para-hydroxylation sites is 1. The molecule has 3 N–H and O–H groups in total. The van der Waals surface area contributed by atoms with Gasteiger partial charge in [-0.3, -0.25) is 20.4 Å². The van der Waals surface area contributed by atoms with E-state index in [2.05, 4.69) is 15.8 Å². The molecule has 0 saturated heterocycles. The van der Waals surface area contributed by atoms with Gasteiger partial charge in [0.2, 0.25) is 0 Å². The molecule has 3 rings (SSSR count). The number of H-pyrrole nitrogens is 1. The number of aromatic amines is 1. The number of rotatable bonds is 2. The minimum Gasteiger partial charge on any atom is -0.466 e. The van der Waals surface area contributed by atoms with Crippen molar-refractivity contribution < 1.29 is 14.0 Å². The number of amides is 2. The van der Waals surface area contributed by atoms with E-state index in [0.717, 1.165) is 16.5 Å². The molecule has 0 spiro atoms. The number of hydrogen-bond acceptors (Lipinski definition) is 3. The number of fused-ring (bicyclic) bond motifs is 1. The molecule has 1 aromatic carbocycles. The first-order valence-electron chi connectivity index (χ1n) is 7.22. The Balaban J connectivity index is 1.75. The first-order chi connectivity index (χ1) is 11.0. The van der Waals surface area contributed by atoms with Crippen LogP contribution < -0.4 is 10.9 Å². The van der Waals surface area contributed by atoms with E-state index < -0.39 is 5.91 Å². The van der Waals surface area contributed by atoms with E-state index in [1.54, 1.807) is 20.0 Å². The molecular weight excluding hydrogens is 294 g/mol. The van der Waals surface area contributed by atoms with Crippen molar-refractivity contribution in [1.29, 1.82) is 0 Å². The SMILES string of the molecule is Cc1oc(C)c(C(=O)NNC(=O)c2c[nH]c3ccccc23)c1C. The van der Waals surface area contributed by atoms with Crippen molar-refractivity contribution in [3.05, 3.63) is 58.7 Å². The Morgan fingerprint density at radius 1 is 1.00 bits per heavy atom. The van der Waals surface area contributed by atoms with Gasteiger partial charge in [0.25, 0.3) is 11.8 Å². The van der Waals surface area contributed by atoms with Crippen molar-refractivity contribution in [2.45, 2.75) is 20.8 Å². The van der Waals surface area contributed by atoms with E-state index >= 15 is 0 Å². The van der Waals surface area contributed by atoms with Gasteiger partial charge in [-0.25, -0.2) is 0 Å². The third kappa shape index (κ3) is 2.59. The highest BCUT2D eigenvalue weighted by atomic mass is 16.3. The van der Waals surface area contributed by atoms with Crippen molar-refractivity contribution in [1.82, 2.24) is 15.8 Å². The second kappa shape index (κ2) is 5.64. The average molecular weight is 311 g/mol. The summed E-state index contributed by atoms with van der Waals surface area (Å²) in [6.07, 6.45) is 1.62. The number of nitrogens with one attached hydrogen (secondary N) is 3. The fraction of sp³-hybridized carbons (Fsp3) is 0.176. The second-order valence-corrected chi connectivity index (χ2v) is 5.37. The summed E-state index contributed by atoms with van der Waals surface area (Å²) >= 11 is 0. The Morgan fingerprint density at radius 3 is 2.39 bits per heavy atom. The maximum Gasteiger partial charge on any atom is 0.273 e. The van der Waals surface area contributed by atoms with Crippen molar-refractivity contribution in [2.75, 3.05) is 0 Å². The molecule has 0 saturated carbocycles.